The van der Waals surface area contributed by atoms with Gasteiger partial charge in [0.2, 0.25) is 11.6 Å². The van der Waals surface area contributed by atoms with E-state index >= 15 is 0 Å². The van der Waals surface area contributed by atoms with Gasteiger partial charge >= 0.3 is 0 Å². The van der Waals surface area contributed by atoms with Gasteiger partial charge in [-0.25, -0.2) is 13.2 Å². The van der Waals surface area contributed by atoms with Gasteiger partial charge in [-0.05, 0) is 13.8 Å². The maximum Gasteiger partial charge on any atom is 0.255 e. The Morgan fingerprint density at radius 2 is 1.44 bits per heavy atom. The van der Waals surface area contributed by atoms with Crippen LogP contribution in [-0.4, -0.2) is 6.04 Å². The SMILES string of the molecule is CC(C)[N+](F)(F)c1cc(F)c(F)c(F)c1F. The Hall–Kier alpha value is -1.24. The van der Waals surface area contributed by atoms with Gasteiger partial charge in [-0.3, -0.25) is 0 Å². The molecule has 1 nitrogen and oxygen atoms in total. The number of quaternary nitrogens is 1. The summed E-state index contributed by atoms with van der Waals surface area (Å²) in [4.78, 5) is -3.07. The number of hydrogen-bond acceptors (Lipinski definition) is 0. The zero-order valence-corrected chi connectivity index (χ0v) is 8.37. The van der Waals surface area contributed by atoms with E-state index in [1.54, 1.807) is 0 Å². The number of halogens is 6. The molecule has 0 fully saturated rings. The van der Waals surface area contributed by atoms with E-state index in [9.17, 15) is 26.5 Å². The van der Waals surface area contributed by atoms with Crippen LogP contribution < -0.4 is 4.93 Å². The largest absolute Gasteiger partial charge is 0.255 e. The fourth-order valence-corrected chi connectivity index (χ4v) is 1.06. The summed E-state index contributed by atoms with van der Waals surface area (Å²) in [6, 6.07) is -1.48. The highest BCUT2D eigenvalue weighted by atomic mass is 19.4. The molecule has 0 aliphatic rings. The molecule has 0 unspecified atom stereocenters. The molecule has 0 aliphatic heterocycles. The molecule has 0 N–H and O–H groups in total. The smallest absolute Gasteiger partial charge is 0.203 e. The van der Waals surface area contributed by atoms with Gasteiger partial charge in [0.05, 0.1) is 4.93 Å². The van der Waals surface area contributed by atoms with Gasteiger partial charge in [-0.2, -0.15) is 4.39 Å². The summed E-state index contributed by atoms with van der Waals surface area (Å²) in [7, 11) is 0. The van der Waals surface area contributed by atoms with E-state index in [0.717, 1.165) is 13.8 Å². The number of hydrogen-bond donors (Lipinski definition) is 0. The maximum atomic E-state index is 13.3. The number of rotatable bonds is 2. The zero-order valence-electron chi connectivity index (χ0n) is 8.37. The van der Waals surface area contributed by atoms with Gasteiger partial charge in [0, 0.05) is 15.0 Å². The molecular formula is C9H8F6N+. The quantitative estimate of drug-likeness (QED) is 0.322. The lowest BCUT2D eigenvalue weighted by atomic mass is 10.2. The van der Waals surface area contributed by atoms with Crippen LogP contribution >= 0.6 is 0 Å². The second-order valence-electron chi connectivity index (χ2n) is 3.47. The lowest BCUT2D eigenvalue weighted by Gasteiger charge is -2.17. The Bertz CT molecular complexity index is 415. The molecule has 0 saturated carbocycles. The van der Waals surface area contributed by atoms with Gasteiger partial charge < -0.3 is 0 Å². The van der Waals surface area contributed by atoms with Crippen LogP contribution in [0.4, 0.5) is 32.2 Å². The minimum atomic E-state index is -3.07. The zero-order chi connectivity index (χ0) is 12.7. The van der Waals surface area contributed by atoms with Gasteiger partial charge in [-0.1, -0.05) is 0 Å². The molecule has 90 valence electrons. The first-order valence-corrected chi connectivity index (χ1v) is 4.31. The van der Waals surface area contributed by atoms with Crippen molar-refractivity contribution in [3.63, 3.8) is 0 Å². The van der Waals surface area contributed by atoms with Crippen LogP contribution in [0, 0.1) is 23.3 Å². The van der Waals surface area contributed by atoms with E-state index in [4.69, 9.17) is 0 Å². The van der Waals surface area contributed by atoms with Gasteiger partial charge in [0.15, 0.2) is 17.7 Å². The summed E-state index contributed by atoms with van der Waals surface area (Å²) in [5.41, 5.74) is -1.54. The van der Waals surface area contributed by atoms with Crippen LogP contribution in [0.15, 0.2) is 6.07 Å². The fraction of sp³-hybridized carbons (Fsp3) is 0.333. The average molecular weight is 244 g/mol. The van der Waals surface area contributed by atoms with E-state index in [-0.39, 0.29) is 6.07 Å². The molecule has 0 atom stereocenters. The first-order chi connectivity index (χ1) is 7.19. The van der Waals surface area contributed by atoms with Gasteiger partial charge in [0.1, 0.15) is 0 Å². The predicted molar refractivity (Wildman–Crippen MR) is 45.4 cm³/mol. The summed E-state index contributed by atoms with van der Waals surface area (Å²) < 4.78 is 77.5. The van der Waals surface area contributed by atoms with Crippen molar-refractivity contribution in [2.24, 2.45) is 0 Å². The molecule has 0 aromatic heterocycles. The summed E-state index contributed by atoms with van der Waals surface area (Å²) in [6.45, 7) is 2.05. The van der Waals surface area contributed by atoms with Crippen LogP contribution in [0.5, 0.6) is 0 Å². The van der Waals surface area contributed by atoms with Crippen molar-refractivity contribution in [3.05, 3.63) is 29.3 Å². The Morgan fingerprint density at radius 1 is 0.938 bits per heavy atom. The minimum absolute atomic E-state index is 0.0479. The number of nitrogens with zero attached hydrogens (tertiary/aromatic N) is 1. The maximum absolute atomic E-state index is 13.3. The lowest BCUT2D eigenvalue weighted by Crippen LogP contribution is -2.39. The van der Waals surface area contributed by atoms with Crippen molar-refractivity contribution in [2.45, 2.75) is 19.9 Å². The predicted octanol–water partition coefficient (Wildman–Crippen LogP) is 3.73. The highest BCUT2D eigenvalue weighted by Crippen LogP contribution is 2.34. The van der Waals surface area contributed by atoms with Gasteiger partial charge in [-0.15, -0.1) is 0 Å². The molecule has 1 rings (SSSR count). The van der Waals surface area contributed by atoms with E-state index in [0.29, 0.717) is 0 Å². The molecule has 1 aromatic carbocycles. The van der Waals surface area contributed by atoms with Crippen LogP contribution in [0.2, 0.25) is 0 Å². The van der Waals surface area contributed by atoms with Gasteiger partial charge in [0.25, 0.3) is 5.69 Å². The Labute approximate surface area is 87.4 Å². The second kappa shape index (κ2) is 3.97. The van der Waals surface area contributed by atoms with E-state index in [2.05, 4.69) is 0 Å². The van der Waals surface area contributed by atoms with Crippen LogP contribution in [0.25, 0.3) is 0 Å². The first-order valence-electron chi connectivity index (χ1n) is 4.31. The molecule has 0 radical (unpaired) electrons. The molecule has 7 heteroatoms. The molecule has 0 heterocycles. The van der Waals surface area contributed by atoms with Crippen molar-refractivity contribution < 1.29 is 26.5 Å². The second-order valence-corrected chi connectivity index (χ2v) is 3.47. The van der Waals surface area contributed by atoms with Crippen molar-refractivity contribution in [3.8, 4) is 0 Å². The highest BCUT2D eigenvalue weighted by Gasteiger charge is 2.43. The number of benzene rings is 1. The van der Waals surface area contributed by atoms with Crippen molar-refractivity contribution in [1.29, 1.82) is 0 Å². The molecule has 0 bridgehead atoms. The fourth-order valence-electron chi connectivity index (χ4n) is 1.06. The first kappa shape index (κ1) is 12.8. The lowest BCUT2D eigenvalue weighted by molar-refractivity contribution is -0.166. The topological polar surface area (TPSA) is 0 Å². The van der Waals surface area contributed by atoms with E-state index in [1.807, 2.05) is 0 Å². The summed E-state index contributed by atoms with van der Waals surface area (Å²) in [5, 5.41) is 0. The Morgan fingerprint density at radius 3 is 1.88 bits per heavy atom. The minimum Gasteiger partial charge on any atom is -0.203 e. The van der Waals surface area contributed by atoms with Crippen LogP contribution in [0.1, 0.15) is 13.8 Å². The molecule has 0 aliphatic carbocycles. The third-order valence-corrected chi connectivity index (χ3v) is 2.05. The van der Waals surface area contributed by atoms with Crippen LogP contribution in [0.3, 0.4) is 0 Å². The molecular weight excluding hydrogens is 236 g/mol. The standard InChI is InChI=1S/C9H8F6N/c1-4(2)16(14,15)6-3-5(10)7(11)9(13)8(6)12/h3-4H,1-2H3/q+1. The normalized spacial score (nSPS) is 12.3. The van der Waals surface area contributed by atoms with E-state index < -0.39 is 39.9 Å². The monoisotopic (exact) mass is 244 g/mol. The molecule has 16 heavy (non-hydrogen) atoms. The Kier molecular flexibility index (Phi) is 3.18. The van der Waals surface area contributed by atoms with E-state index in [1.165, 1.54) is 0 Å². The highest BCUT2D eigenvalue weighted by molar-refractivity contribution is 5.42. The van der Waals surface area contributed by atoms with Crippen molar-refractivity contribution >= 4 is 5.69 Å². The van der Waals surface area contributed by atoms with Crippen molar-refractivity contribution in [2.75, 3.05) is 0 Å². The summed E-state index contributed by atoms with van der Waals surface area (Å²) in [6.07, 6.45) is 0. The third-order valence-electron chi connectivity index (χ3n) is 2.05. The van der Waals surface area contributed by atoms with Crippen LogP contribution in [-0.2, 0) is 0 Å². The Balaban J connectivity index is 3.47. The van der Waals surface area contributed by atoms with Crippen molar-refractivity contribution in [1.82, 2.24) is 4.93 Å². The molecule has 0 spiro atoms. The molecule has 0 amide bonds. The molecule has 1 aromatic rings. The summed E-state index contributed by atoms with van der Waals surface area (Å²) >= 11 is 0. The summed E-state index contributed by atoms with van der Waals surface area (Å²) in [5.74, 6) is -8.29. The average Bonchev–Trinajstić information content (AvgIpc) is 2.19. The third kappa shape index (κ3) is 1.87. The molecule has 0 saturated heterocycles.